The number of carbonyl (C=O) groups is 1. The minimum absolute atomic E-state index is 0.256. The fraction of sp³-hybridized carbons (Fsp3) is 0.174. The van der Waals surface area contributed by atoms with Crippen LogP contribution in [0.25, 0.3) is 0 Å². The van der Waals surface area contributed by atoms with Gasteiger partial charge in [-0.25, -0.2) is 0 Å². The largest absolute Gasteiger partial charge is 0.493 e. The second-order valence-corrected chi connectivity index (χ2v) is 7.73. The molecular formula is C23H21BrClNO3. The highest BCUT2D eigenvalue weighted by atomic mass is 79.9. The average molecular weight is 475 g/mol. The molecule has 0 fully saturated rings. The molecule has 1 N–H and O–H groups in total. The van der Waals surface area contributed by atoms with E-state index < -0.39 is 6.10 Å². The maximum atomic E-state index is 12.5. The zero-order valence-corrected chi connectivity index (χ0v) is 18.2. The first-order valence-electron chi connectivity index (χ1n) is 9.20. The zero-order valence-electron chi connectivity index (χ0n) is 15.9. The van der Waals surface area contributed by atoms with Gasteiger partial charge in [0.2, 0.25) is 0 Å². The van der Waals surface area contributed by atoms with E-state index in [-0.39, 0.29) is 5.91 Å². The van der Waals surface area contributed by atoms with Crippen molar-refractivity contribution in [2.24, 2.45) is 0 Å². The Hall–Kier alpha value is -2.50. The first-order chi connectivity index (χ1) is 14.0. The normalized spacial score (nSPS) is 11.6. The van der Waals surface area contributed by atoms with Crippen LogP contribution in [0.5, 0.6) is 11.5 Å². The molecule has 0 heterocycles. The minimum atomic E-state index is -0.685. The third-order valence-electron chi connectivity index (χ3n) is 4.17. The van der Waals surface area contributed by atoms with Gasteiger partial charge in [0.15, 0.2) is 6.10 Å². The molecule has 0 aliphatic heterocycles. The molecule has 6 heteroatoms. The fourth-order valence-electron chi connectivity index (χ4n) is 2.65. The van der Waals surface area contributed by atoms with E-state index in [9.17, 15) is 4.79 Å². The van der Waals surface area contributed by atoms with Gasteiger partial charge in [-0.2, -0.15) is 0 Å². The summed E-state index contributed by atoms with van der Waals surface area (Å²) in [5, 5.41) is 3.44. The van der Waals surface area contributed by atoms with Crippen molar-refractivity contribution < 1.29 is 14.3 Å². The van der Waals surface area contributed by atoms with E-state index in [1.165, 1.54) is 5.56 Å². The second kappa shape index (κ2) is 10.3. The van der Waals surface area contributed by atoms with Crippen molar-refractivity contribution in [2.45, 2.75) is 19.4 Å². The molecule has 29 heavy (non-hydrogen) atoms. The van der Waals surface area contributed by atoms with Gasteiger partial charge in [0.05, 0.1) is 11.1 Å². The summed E-state index contributed by atoms with van der Waals surface area (Å²) in [5.41, 5.74) is 1.87. The third kappa shape index (κ3) is 6.51. The summed E-state index contributed by atoms with van der Waals surface area (Å²) >= 11 is 9.32. The molecule has 0 saturated carbocycles. The maximum Gasteiger partial charge on any atom is 0.265 e. The van der Waals surface area contributed by atoms with Crippen molar-refractivity contribution in [3.05, 3.63) is 87.9 Å². The highest BCUT2D eigenvalue weighted by molar-refractivity contribution is 9.10. The molecular weight excluding hydrogens is 454 g/mol. The molecule has 3 aromatic carbocycles. The van der Waals surface area contributed by atoms with Crippen LogP contribution in [-0.4, -0.2) is 18.6 Å². The topological polar surface area (TPSA) is 47.6 Å². The molecule has 0 aromatic heterocycles. The van der Waals surface area contributed by atoms with Crippen LogP contribution >= 0.6 is 27.5 Å². The fourth-order valence-corrected chi connectivity index (χ4v) is 3.43. The van der Waals surface area contributed by atoms with Crippen LogP contribution in [-0.2, 0) is 11.2 Å². The van der Waals surface area contributed by atoms with Crippen molar-refractivity contribution in [2.75, 3.05) is 11.9 Å². The van der Waals surface area contributed by atoms with Gasteiger partial charge in [-0.3, -0.25) is 4.79 Å². The van der Waals surface area contributed by atoms with E-state index in [0.717, 1.165) is 6.42 Å². The van der Waals surface area contributed by atoms with Crippen LogP contribution in [0.2, 0.25) is 5.02 Å². The van der Waals surface area contributed by atoms with Crippen LogP contribution in [0.1, 0.15) is 12.5 Å². The zero-order chi connectivity index (χ0) is 20.6. The Labute approximate surface area is 183 Å². The maximum absolute atomic E-state index is 12.5. The molecule has 3 rings (SSSR count). The van der Waals surface area contributed by atoms with E-state index >= 15 is 0 Å². The van der Waals surface area contributed by atoms with E-state index in [4.69, 9.17) is 21.1 Å². The minimum Gasteiger partial charge on any atom is -0.493 e. The summed E-state index contributed by atoms with van der Waals surface area (Å²) in [6.45, 7) is 2.25. The molecule has 0 radical (unpaired) electrons. The van der Waals surface area contributed by atoms with Gasteiger partial charge < -0.3 is 14.8 Å². The number of amides is 1. The summed E-state index contributed by atoms with van der Waals surface area (Å²) in [6, 6.07) is 22.6. The average Bonchev–Trinajstić information content (AvgIpc) is 2.71. The second-order valence-electron chi connectivity index (χ2n) is 6.44. The van der Waals surface area contributed by atoms with Gasteiger partial charge in [0.25, 0.3) is 5.91 Å². The van der Waals surface area contributed by atoms with E-state index in [0.29, 0.717) is 33.3 Å². The number of ether oxygens (including phenoxy) is 2. The van der Waals surface area contributed by atoms with E-state index in [1.807, 2.05) is 36.4 Å². The highest BCUT2D eigenvalue weighted by Gasteiger charge is 2.16. The lowest BCUT2D eigenvalue weighted by Crippen LogP contribution is -2.30. The quantitative estimate of drug-likeness (QED) is 0.427. The molecule has 150 valence electrons. The van der Waals surface area contributed by atoms with Crippen LogP contribution in [0.3, 0.4) is 0 Å². The van der Waals surface area contributed by atoms with E-state index in [1.54, 1.807) is 31.2 Å². The lowest BCUT2D eigenvalue weighted by molar-refractivity contribution is -0.122. The van der Waals surface area contributed by atoms with Gasteiger partial charge in [-0.1, -0.05) is 48.0 Å². The van der Waals surface area contributed by atoms with Gasteiger partial charge in [0.1, 0.15) is 11.5 Å². The lowest BCUT2D eigenvalue weighted by atomic mass is 10.2. The Bertz CT molecular complexity index is 965. The molecule has 1 atom stereocenters. The molecule has 0 aliphatic rings. The van der Waals surface area contributed by atoms with Crippen molar-refractivity contribution in [3.63, 3.8) is 0 Å². The standard InChI is InChI=1S/C23H21BrClNO3/c1-16(29-22-11-10-18(25)14-21(22)24)23(27)26-19-8-5-9-20(15-19)28-13-12-17-6-3-2-4-7-17/h2-11,14-16H,12-13H2,1H3,(H,26,27). The number of anilines is 1. The SMILES string of the molecule is CC(Oc1ccc(Cl)cc1Br)C(=O)Nc1cccc(OCCc2ccccc2)c1. The molecule has 4 nitrogen and oxygen atoms in total. The van der Waals surface area contributed by atoms with Gasteiger partial charge in [0, 0.05) is 23.2 Å². The van der Waals surface area contributed by atoms with Gasteiger partial charge >= 0.3 is 0 Å². The van der Waals surface area contributed by atoms with Crippen molar-refractivity contribution in [3.8, 4) is 11.5 Å². The molecule has 0 spiro atoms. The highest BCUT2D eigenvalue weighted by Crippen LogP contribution is 2.29. The van der Waals surface area contributed by atoms with Crippen LogP contribution in [0, 0.1) is 0 Å². The molecule has 3 aromatic rings. The van der Waals surface area contributed by atoms with Crippen molar-refractivity contribution in [1.29, 1.82) is 0 Å². The summed E-state index contributed by atoms with van der Waals surface area (Å²) < 4.78 is 12.2. The van der Waals surface area contributed by atoms with Crippen LogP contribution < -0.4 is 14.8 Å². The summed E-state index contributed by atoms with van der Waals surface area (Å²) in [5.74, 6) is 0.996. The summed E-state index contributed by atoms with van der Waals surface area (Å²) in [7, 11) is 0. The van der Waals surface area contributed by atoms with Crippen LogP contribution in [0.4, 0.5) is 5.69 Å². The third-order valence-corrected chi connectivity index (χ3v) is 5.03. The lowest BCUT2D eigenvalue weighted by Gasteiger charge is -2.16. The number of halogens is 2. The molecule has 0 aliphatic carbocycles. The van der Waals surface area contributed by atoms with Gasteiger partial charge in [-0.15, -0.1) is 0 Å². The Morgan fingerprint density at radius 3 is 2.62 bits per heavy atom. The number of hydrogen-bond donors (Lipinski definition) is 1. The monoisotopic (exact) mass is 473 g/mol. The summed E-state index contributed by atoms with van der Waals surface area (Å²) in [4.78, 5) is 12.5. The number of rotatable bonds is 8. The number of carbonyl (C=O) groups excluding carboxylic acids is 1. The Morgan fingerprint density at radius 2 is 1.86 bits per heavy atom. The Morgan fingerprint density at radius 1 is 1.07 bits per heavy atom. The van der Waals surface area contributed by atoms with Gasteiger partial charge in [-0.05, 0) is 58.7 Å². The van der Waals surface area contributed by atoms with Crippen LogP contribution in [0.15, 0.2) is 77.3 Å². The first kappa shape index (κ1) is 21.2. The number of benzene rings is 3. The number of hydrogen-bond acceptors (Lipinski definition) is 3. The molecule has 1 unspecified atom stereocenters. The van der Waals surface area contributed by atoms with E-state index in [2.05, 4.69) is 33.4 Å². The molecule has 1 amide bonds. The first-order valence-corrected chi connectivity index (χ1v) is 10.4. The predicted molar refractivity (Wildman–Crippen MR) is 120 cm³/mol. The van der Waals surface area contributed by atoms with Crippen molar-refractivity contribution in [1.82, 2.24) is 0 Å². The molecule has 0 saturated heterocycles. The Balaban J connectivity index is 1.53. The summed E-state index contributed by atoms with van der Waals surface area (Å²) in [6.07, 6.45) is 0.133. The van der Waals surface area contributed by atoms with Crippen molar-refractivity contribution >= 4 is 39.1 Å². The molecule has 0 bridgehead atoms. The predicted octanol–water partition coefficient (Wildman–Crippen LogP) is 6.13. The Kier molecular flexibility index (Phi) is 7.55. The smallest absolute Gasteiger partial charge is 0.265 e. The number of nitrogens with one attached hydrogen (secondary N) is 1.